The number of hydrogen-bond donors (Lipinski definition) is 1. The van der Waals surface area contributed by atoms with Crippen molar-refractivity contribution in [3.8, 4) is 11.6 Å². The molecular weight excluding hydrogens is 364 g/mol. The molecule has 9 nitrogen and oxygen atoms in total. The monoisotopic (exact) mass is 384 g/mol. The molecule has 3 rings (SSSR count). The van der Waals surface area contributed by atoms with Gasteiger partial charge in [0, 0.05) is 18.0 Å². The summed E-state index contributed by atoms with van der Waals surface area (Å²) in [5, 5.41) is 18.4. The zero-order chi connectivity index (χ0) is 20.4. The number of carbonyl (C=O) groups excluding carboxylic acids is 2. The number of fused-ring (bicyclic) bond motifs is 1. The van der Waals surface area contributed by atoms with Gasteiger partial charge in [-0.1, -0.05) is 0 Å². The predicted molar refractivity (Wildman–Crippen MR) is 101 cm³/mol. The van der Waals surface area contributed by atoms with Crippen molar-refractivity contribution in [1.29, 1.82) is 0 Å². The van der Waals surface area contributed by atoms with Crippen LogP contribution in [0.2, 0.25) is 0 Å². The Morgan fingerprint density at radius 2 is 2.00 bits per heavy atom. The molecule has 1 N–H and O–H groups in total. The number of methoxy groups -OCH3 is 1. The largest absolute Gasteiger partial charge is 0.512 e. The maximum absolute atomic E-state index is 12.1. The minimum absolute atomic E-state index is 0.0850. The number of aliphatic hydroxyl groups is 1. The van der Waals surface area contributed by atoms with Crippen LogP contribution in [0.5, 0.6) is 5.88 Å². The van der Waals surface area contributed by atoms with E-state index in [4.69, 9.17) is 9.47 Å². The lowest BCUT2D eigenvalue weighted by molar-refractivity contribution is -0.111. The van der Waals surface area contributed by atoms with Crippen LogP contribution in [0.1, 0.15) is 36.7 Å². The summed E-state index contributed by atoms with van der Waals surface area (Å²) in [7, 11) is 1.42. The minimum atomic E-state index is -0.533. The summed E-state index contributed by atoms with van der Waals surface area (Å²) in [6.45, 7) is 4.78. The molecule has 0 atom stereocenters. The number of allylic oxidation sites excluding steroid dienone is 2. The van der Waals surface area contributed by atoms with Crippen molar-refractivity contribution in [3.05, 3.63) is 47.6 Å². The predicted octanol–water partition coefficient (Wildman–Crippen LogP) is 2.58. The van der Waals surface area contributed by atoms with Gasteiger partial charge in [-0.25, -0.2) is 14.0 Å². The number of ether oxygens (including phenoxy) is 2. The molecule has 0 amide bonds. The van der Waals surface area contributed by atoms with Gasteiger partial charge in [0.25, 0.3) is 0 Å². The summed E-state index contributed by atoms with van der Waals surface area (Å²) < 4.78 is 13.3. The number of nitrogens with zero attached hydrogens (tertiary/aromatic N) is 4. The van der Waals surface area contributed by atoms with Gasteiger partial charge >= 0.3 is 5.97 Å². The third-order valence-electron chi connectivity index (χ3n) is 4.12. The Kier molecular flexibility index (Phi) is 5.16. The van der Waals surface area contributed by atoms with Crippen LogP contribution in [0.4, 0.5) is 0 Å². The lowest BCUT2D eigenvalue weighted by Gasteiger charge is -2.06. The Morgan fingerprint density at radius 1 is 1.25 bits per heavy atom. The van der Waals surface area contributed by atoms with Gasteiger partial charge in [-0.2, -0.15) is 5.10 Å². The number of aliphatic hydroxyl groups excluding tert-OH is 1. The quantitative estimate of drug-likeness (QED) is 0.395. The van der Waals surface area contributed by atoms with Crippen molar-refractivity contribution in [2.45, 2.75) is 20.8 Å². The van der Waals surface area contributed by atoms with Gasteiger partial charge in [-0.15, -0.1) is 5.10 Å². The first-order valence-electron chi connectivity index (χ1n) is 8.57. The summed E-state index contributed by atoms with van der Waals surface area (Å²) in [6.07, 6.45) is 4.72. The van der Waals surface area contributed by atoms with Gasteiger partial charge in [0.05, 0.1) is 36.7 Å². The molecule has 3 heterocycles. The molecule has 0 aliphatic rings. The fourth-order valence-electron chi connectivity index (χ4n) is 2.93. The zero-order valence-corrected chi connectivity index (χ0v) is 16.0. The highest BCUT2D eigenvalue weighted by Gasteiger charge is 2.20. The highest BCUT2D eigenvalue weighted by Crippen LogP contribution is 2.26. The van der Waals surface area contributed by atoms with E-state index in [-0.39, 0.29) is 35.2 Å². The van der Waals surface area contributed by atoms with E-state index in [2.05, 4.69) is 10.2 Å². The Labute approximate surface area is 160 Å². The van der Waals surface area contributed by atoms with Gasteiger partial charge in [0.1, 0.15) is 11.3 Å². The molecule has 0 aliphatic carbocycles. The van der Waals surface area contributed by atoms with E-state index in [1.807, 2.05) is 0 Å². The van der Waals surface area contributed by atoms with Crippen LogP contribution < -0.4 is 4.74 Å². The average Bonchev–Trinajstić information content (AvgIpc) is 3.25. The van der Waals surface area contributed by atoms with Crippen LogP contribution in [0.25, 0.3) is 16.8 Å². The lowest BCUT2D eigenvalue weighted by Crippen LogP contribution is -2.05. The van der Waals surface area contributed by atoms with Gasteiger partial charge in [0.2, 0.25) is 5.88 Å². The Bertz CT molecular complexity index is 1090. The molecule has 0 aliphatic heterocycles. The van der Waals surface area contributed by atoms with Gasteiger partial charge in [-0.05, 0) is 32.9 Å². The molecule has 0 bridgehead atoms. The molecule has 3 aromatic rings. The van der Waals surface area contributed by atoms with E-state index in [0.717, 1.165) is 0 Å². The van der Waals surface area contributed by atoms with Crippen molar-refractivity contribution in [2.24, 2.45) is 0 Å². The van der Waals surface area contributed by atoms with Crippen LogP contribution >= 0.6 is 0 Å². The van der Waals surface area contributed by atoms with E-state index in [0.29, 0.717) is 16.8 Å². The first kappa shape index (κ1) is 19.2. The Hall–Kier alpha value is -3.62. The van der Waals surface area contributed by atoms with Crippen molar-refractivity contribution in [3.63, 3.8) is 0 Å². The van der Waals surface area contributed by atoms with Gasteiger partial charge in [0.15, 0.2) is 5.78 Å². The van der Waals surface area contributed by atoms with E-state index in [1.165, 1.54) is 38.0 Å². The Morgan fingerprint density at radius 3 is 2.61 bits per heavy atom. The smallest absolute Gasteiger partial charge is 0.345 e. The molecule has 146 valence electrons. The molecule has 0 spiro atoms. The molecule has 0 fully saturated rings. The molecule has 28 heavy (non-hydrogen) atoms. The van der Waals surface area contributed by atoms with Crippen LogP contribution in [0.3, 0.4) is 0 Å². The highest BCUT2D eigenvalue weighted by molar-refractivity contribution is 6.21. The summed E-state index contributed by atoms with van der Waals surface area (Å²) in [6, 6.07) is 3.49. The third kappa shape index (κ3) is 3.34. The first-order chi connectivity index (χ1) is 13.4. The van der Waals surface area contributed by atoms with Gasteiger partial charge < -0.3 is 14.6 Å². The number of rotatable bonds is 6. The van der Waals surface area contributed by atoms with Crippen molar-refractivity contribution < 1.29 is 24.2 Å². The standard InChI is InChI=1S/C19H20N4O5/c1-5-28-19(26)15-10-23(21-18(15)27-4)13-6-7-22-16(8-13)14(9-20-22)17(11(2)24)12(3)25/h6-10,24H,5H2,1-4H3/b17-11+. The second-order valence-electron chi connectivity index (χ2n) is 6.01. The number of ketones is 1. The van der Waals surface area contributed by atoms with Gasteiger partial charge in [-0.3, -0.25) is 4.79 Å². The first-order valence-corrected chi connectivity index (χ1v) is 8.57. The van der Waals surface area contributed by atoms with Crippen molar-refractivity contribution in [2.75, 3.05) is 13.7 Å². The van der Waals surface area contributed by atoms with Crippen molar-refractivity contribution in [1.82, 2.24) is 19.4 Å². The SMILES string of the molecule is CCOC(=O)c1cn(-c2ccn3ncc(/C(C(C)=O)=C(\C)O)c3c2)nc1OC. The summed E-state index contributed by atoms with van der Waals surface area (Å²) in [5.74, 6) is -0.749. The van der Waals surface area contributed by atoms with E-state index < -0.39 is 5.97 Å². The Balaban J connectivity index is 2.13. The molecule has 9 heteroatoms. The third-order valence-corrected chi connectivity index (χ3v) is 4.12. The fourth-order valence-corrected chi connectivity index (χ4v) is 2.93. The summed E-state index contributed by atoms with van der Waals surface area (Å²) in [4.78, 5) is 24.1. The van der Waals surface area contributed by atoms with E-state index in [9.17, 15) is 14.7 Å². The van der Waals surface area contributed by atoms with E-state index >= 15 is 0 Å². The maximum atomic E-state index is 12.1. The number of carbonyl (C=O) groups is 2. The zero-order valence-electron chi connectivity index (χ0n) is 16.0. The normalized spacial score (nSPS) is 12.0. The molecule has 0 radical (unpaired) electrons. The highest BCUT2D eigenvalue weighted by atomic mass is 16.5. The molecule has 0 saturated carbocycles. The summed E-state index contributed by atoms with van der Waals surface area (Å²) in [5.41, 5.74) is 2.11. The molecular formula is C19H20N4O5. The molecule has 0 unspecified atom stereocenters. The van der Waals surface area contributed by atoms with Crippen LogP contribution in [-0.4, -0.2) is 50.0 Å². The van der Waals surface area contributed by atoms with Crippen LogP contribution in [0.15, 0.2) is 36.5 Å². The number of pyridine rings is 1. The second-order valence-corrected chi connectivity index (χ2v) is 6.01. The number of esters is 1. The number of aromatic nitrogens is 4. The molecule has 0 saturated heterocycles. The maximum Gasteiger partial charge on any atom is 0.345 e. The van der Waals surface area contributed by atoms with Crippen LogP contribution in [0, 0.1) is 0 Å². The average molecular weight is 384 g/mol. The number of hydrogen-bond acceptors (Lipinski definition) is 7. The molecule has 0 aromatic carbocycles. The van der Waals surface area contributed by atoms with Crippen molar-refractivity contribution >= 4 is 22.8 Å². The van der Waals surface area contributed by atoms with Crippen LogP contribution in [-0.2, 0) is 9.53 Å². The minimum Gasteiger partial charge on any atom is -0.512 e. The fraction of sp³-hybridized carbons (Fsp3) is 0.263. The molecule has 3 aromatic heterocycles. The summed E-state index contributed by atoms with van der Waals surface area (Å²) >= 11 is 0. The topological polar surface area (TPSA) is 108 Å². The number of Topliss-reactive ketones (excluding diaryl/α,β-unsaturated/α-hetero) is 1. The second kappa shape index (κ2) is 7.55. The lowest BCUT2D eigenvalue weighted by atomic mass is 10.0. The van der Waals surface area contributed by atoms with E-state index in [1.54, 1.807) is 29.8 Å².